The number of rotatable bonds is 4. The number of halogens is 2. The lowest BCUT2D eigenvalue weighted by atomic mass is 9.92. The largest absolute Gasteiger partial charge is 0.469 e. The summed E-state index contributed by atoms with van der Waals surface area (Å²) < 4.78 is 34.5. The molecular formula is C22H30F2N4O2. The van der Waals surface area contributed by atoms with E-state index < -0.39 is 5.92 Å². The third-order valence-electron chi connectivity index (χ3n) is 7.60. The smallest absolute Gasteiger partial charge is 0.305 e. The van der Waals surface area contributed by atoms with Crippen molar-refractivity contribution >= 4 is 17.7 Å². The molecule has 3 heterocycles. The first-order chi connectivity index (χ1) is 14.4. The van der Waals surface area contributed by atoms with Crippen molar-refractivity contribution in [2.24, 2.45) is 17.8 Å². The van der Waals surface area contributed by atoms with Gasteiger partial charge in [0.1, 0.15) is 11.5 Å². The molecule has 2 aliphatic heterocycles. The number of nitrogens with zero attached hydrogens (tertiary/aromatic N) is 4. The summed E-state index contributed by atoms with van der Waals surface area (Å²) in [5.74, 6) is -0.682. The number of anilines is 2. The lowest BCUT2D eigenvalue weighted by Gasteiger charge is -2.36. The molecule has 1 aromatic heterocycles. The Kier molecular flexibility index (Phi) is 4.86. The SMILES string of the molecule is COC(=O)CC1C2CN(c3nc(N4CCCC[C@H]4C)nc4c3CCCC4(F)F)CC12. The lowest BCUT2D eigenvalue weighted by molar-refractivity contribution is -0.141. The van der Waals surface area contributed by atoms with Crippen molar-refractivity contribution in [1.29, 1.82) is 0 Å². The Bertz CT molecular complexity index is 837. The quantitative estimate of drug-likeness (QED) is 0.695. The second-order valence-electron chi connectivity index (χ2n) is 9.45. The van der Waals surface area contributed by atoms with Crippen LogP contribution in [-0.4, -0.2) is 48.7 Å². The monoisotopic (exact) mass is 420 g/mol. The van der Waals surface area contributed by atoms with Gasteiger partial charge < -0.3 is 14.5 Å². The number of piperidine rings is 2. The molecule has 0 N–H and O–H groups in total. The van der Waals surface area contributed by atoms with E-state index in [1.807, 2.05) is 0 Å². The summed E-state index contributed by atoms with van der Waals surface area (Å²) in [4.78, 5) is 25.2. The number of ether oxygens (including phenoxy) is 1. The first-order valence-electron chi connectivity index (χ1n) is 11.3. The minimum absolute atomic E-state index is 0.0572. The Hall–Kier alpha value is -1.99. The van der Waals surface area contributed by atoms with Gasteiger partial charge in [-0.05, 0) is 56.8 Å². The Labute approximate surface area is 176 Å². The van der Waals surface area contributed by atoms with Gasteiger partial charge in [-0.1, -0.05) is 0 Å². The normalized spacial score (nSPS) is 31.9. The molecule has 0 spiro atoms. The van der Waals surface area contributed by atoms with Gasteiger partial charge in [0.15, 0.2) is 0 Å². The van der Waals surface area contributed by atoms with E-state index in [4.69, 9.17) is 9.72 Å². The molecule has 2 unspecified atom stereocenters. The van der Waals surface area contributed by atoms with E-state index in [2.05, 4.69) is 21.7 Å². The maximum absolute atomic E-state index is 14.9. The van der Waals surface area contributed by atoms with E-state index in [9.17, 15) is 13.6 Å². The molecule has 1 saturated carbocycles. The van der Waals surface area contributed by atoms with E-state index in [1.165, 1.54) is 7.11 Å². The molecule has 6 nitrogen and oxygen atoms in total. The molecule has 0 aromatic carbocycles. The highest BCUT2D eigenvalue weighted by molar-refractivity contribution is 5.70. The zero-order chi connectivity index (χ0) is 21.0. The summed E-state index contributed by atoms with van der Waals surface area (Å²) in [7, 11) is 1.42. The van der Waals surface area contributed by atoms with Gasteiger partial charge in [-0.25, -0.2) is 4.98 Å². The summed E-state index contributed by atoms with van der Waals surface area (Å²) in [5, 5.41) is 0. The van der Waals surface area contributed by atoms with Crippen LogP contribution in [0.5, 0.6) is 0 Å². The van der Waals surface area contributed by atoms with Gasteiger partial charge in [0.05, 0.1) is 7.11 Å². The molecule has 5 rings (SSSR count). The number of esters is 1. The highest BCUT2D eigenvalue weighted by atomic mass is 19.3. The number of fused-ring (bicyclic) bond motifs is 2. The molecule has 0 amide bonds. The van der Waals surface area contributed by atoms with Crippen molar-refractivity contribution in [1.82, 2.24) is 9.97 Å². The number of carbonyl (C=O) groups excluding carboxylic acids is 1. The highest BCUT2D eigenvalue weighted by Gasteiger charge is 2.57. The van der Waals surface area contributed by atoms with Crippen LogP contribution >= 0.6 is 0 Å². The molecule has 0 radical (unpaired) electrons. The highest BCUT2D eigenvalue weighted by Crippen LogP contribution is 2.55. The van der Waals surface area contributed by atoms with Crippen molar-refractivity contribution in [3.8, 4) is 0 Å². The minimum Gasteiger partial charge on any atom is -0.469 e. The third-order valence-corrected chi connectivity index (χ3v) is 7.60. The maximum Gasteiger partial charge on any atom is 0.305 e. The van der Waals surface area contributed by atoms with Crippen LogP contribution in [0.4, 0.5) is 20.5 Å². The number of aromatic nitrogens is 2. The molecule has 8 heteroatoms. The van der Waals surface area contributed by atoms with Crippen molar-refractivity contribution in [2.45, 2.75) is 63.8 Å². The predicted octanol–water partition coefficient (Wildman–Crippen LogP) is 3.53. The minimum atomic E-state index is -2.89. The molecule has 164 valence electrons. The summed E-state index contributed by atoms with van der Waals surface area (Å²) >= 11 is 0. The molecule has 3 fully saturated rings. The van der Waals surface area contributed by atoms with E-state index in [1.54, 1.807) is 0 Å². The number of hydrogen-bond donors (Lipinski definition) is 0. The van der Waals surface area contributed by atoms with Gasteiger partial charge in [-0.2, -0.15) is 13.8 Å². The molecular weight excluding hydrogens is 390 g/mol. The molecule has 1 aromatic rings. The van der Waals surface area contributed by atoms with Crippen molar-refractivity contribution in [3.63, 3.8) is 0 Å². The fraction of sp³-hybridized carbons (Fsp3) is 0.773. The van der Waals surface area contributed by atoms with Gasteiger partial charge >= 0.3 is 5.97 Å². The van der Waals surface area contributed by atoms with Crippen LogP contribution in [-0.2, 0) is 21.9 Å². The van der Waals surface area contributed by atoms with Gasteiger partial charge in [0.2, 0.25) is 5.95 Å². The maximum atomic E-state index is 14.9. The molecule has 0 bridgehead atoms. The van der Waals surface area contributed by atoms with E-state index in [0.717, 1.165) is 38.9 Å². The van der Waals surface area contributed by atoms with Gasteiger partial charge in [0.25, 0.3) is 5.92 Å². The van der Waals surface area contributed by atoms with Gasteiger partial charge in [0, 0.05) is 44.1 Å². The average Bonchev–Trinajstić information content (AvgIpc) is 3.16. The van der Waals surface area contributed by atoms with E-state index >= 15 is 0 Å². The van der Waals surface area contributed by atoms with Crippen LogP contribution in [0, 0.1) is 17.8 Å². The fourth-order valence-electron chi connectivity index (χ4n) is 5.79. The number of carbonyl (C=O) groups is 1. The lowest BCUT2D eigenvalue weighted by Crippen LogP contribution is -2.40. The first-order valence-corrected chi connectivity index (χ1v) is 11.3. The average molecular weight is 421 g/mol. The number of alkyl halides is 2. The second kappa shape index (κ2) is 7.31. The van der Waals surface area contributed by atoms with Crippen LogP contribution in [0.2, 0.25) is 0 Å². The zero-order valence-corrected chi connectivity index (χ0v) is 17.7. The van der Waals surface area contributed by atoms with Gasteiger partial charge in [-0.3, -0.25) is 4.79 Å². The standard InChI is InChI=1S/C22H30F2N4O2/c1-13-6-3-4-9-28(13)21-25-19-14(7-5-8-22(19,23)24)20(26-21)27-11-16-15(17(16)12-27)10-18(29)30-2/h13,15-17H,3-12H2,1-2H3/t13-,15?,16?,17?/m1/s1. The van der Waals surface area contributed by atoms with Crippen LogP contribution in [0.3, 0.4) is 0 Å². The summed E-state index contributed by atoms with van der Waals surface area (Å²) in [6.07, 6.45) is 4.61. The van der Waals surface area contributed by atoms with Crippen molar-refractivity contribution < 1.29 is 18.3 Å². The number of hydrogen-bond acceptors (Lipinski definition) is 6. The summed E-state index contributed by atoms with van der Waals surface area (Å²) in [5.41, 5.74) is 0.573. The van der Waals surface area contributed by atoms with Crippen molar-refractivity contribution in [3.05, 3.63) is 11.3 Å². The molecule has 30 heavy (non-hydrogen) atoms. The second-order valence-corrected chi connectivity index (χ2v) is 9.45. The Morgan fingerprint density at radius 2 is 1.97 bits per heavy atom. The number of methoxy groups -OCH3 is 1. The van der Waals surface area contributed by atoms with Crippen molar-refractivity contribution in [2.75, 3.05) is 36.5 Å². The first kappa shape index (κ1) is 19.9. The summed E-state index contributed by atoms with van der Waals surface area (Å²) in [6, 6.07) is 0.262. The van der Waals surface area contributed by atoms with Crippen LogP contribution in [0.25, 0.3) is 0 Å². The van der Waals surface area contributed by atoms with E-state index in [-0.39, 0.29) is 24.1 Å². The Morgan fingerprint density at radius 1 is 1.20 bits per heavy atom. The van der Waals surface area contributed by atoms with E-state index in [0.29, 0.717) is 54.3 Å². The van der Waals surface area contributed by atoms with Gasteiger partial charge in [-0.15, -0.1) is 0 Å². The molecule has 4 aliphatic rings. The van der Waals surface area contributed by atoms with Crippen LogP contribution < -0.4 is 9.80 Å². The Morgan fingerprint density at radius 3 is 2.67 bits per heavy atom. The van der Waals surface area contributed by atoms with Crippen LogP contribution in [0.1, 0.15) is 56.7 Å². The fourth-order valence-corrected chi connectivity index (χ4v) is 5.79. The summed E-state index contributed by atoms with van der Waals surface area (Å²) in [6.45, 7) is 4.49. The van der Waals surface area contributed by atoms with Crippen LogP contribution in [0.15, 0.2) is 0 Å². The third kappa shape index (κ3) is 3.32. The molecule has 2 aliphatic carbocycles. The molecule has 3 atom stereocenters. The zero-order valence-electron chi connectivity index (χ0n) is 17.7. The predicted molar refractivity (Wildman–Crippen MR) is 109 cm³/mol. The molecule has 2 saturated heterocycles. The topological polar surface area (TPSA) is 58.6 Å². The Balaban J connectivity index is 1.45.